The molecule has 0 bridgehead atoms. The average Bonchev–Trinajstić information content (AvgIpc) is 3.22. The molecule has 0 unspecified atom stereocenters. The quantitative estimate of drug-likeness (QED) is 0.447. The molecule has 3 aromatic heterocycles. The van der Waals surface area contributed by atoms with E-state index >= 15 is 0 Å². The van der Waals surface area contributed by atoms with Crippen molar-refractivity contribution in [2.75, 3.05) is 11.9 Å². The number of anilines is 2. The van der Waals surface area contributed by atoms with Gasteiger partial charge in [-0.3, -0.25) is 19.4 Å². The Labute approximate surface area is 210 Å². The number of hydrogen-bond acceptors (Lipinski definition) is 7. The molecular weight excluding hydrogens is 452 g/mol. The molecule has 0 aliphatic carbocycles. The fourth-order valence-electron chi connectivity index (χ4n) is 4.83. The van der Waals surface area contributed by atoms with Crippen molar-refractivity contribution in [3.05, 3.63) is 66.6 Å². The van der Waals surface area contributed by atoms with Crippen molar-refractivity contribution in [3.63, 3.8) is 0 Å². The maximum Gasteiger partial charge on any atom is 0.219 e. The van der Waals surface area contributed by atoms with Crippen LogP contribution in [0.2, 0.25) is 0 Å². The molecule has 0 saturated carbocycles. The van der Waals surface area contributed by atoms with Crippen molar-refractivity contribution in [1.82, 2.24) is 34.6 Å². The van der Waals surface area contributed by atoms with E-state index in [-0.39, 0.29) is 17.9 Å². The Morgan fingerprint density at radius 3 is 2.69 bits per heavy atom. The summed E-state index contributed by atoms with van der Waals surface area (Å²) in [5.41, 5.74) is 5.43. The first-order chi connectivity index (χ1) is 17.4. The lowest BCUT2D eigenvalue weighted by Crippen LogP contribution is -2.44. The van der Waals surface area contributed by atoms with E-state index in [2.05, 4.69) is 39.4 Å². The molecule has 1 aromatic carbocycles. The van der Waals surface area contributed by atoms with E-state index in [1.54, 1.807) is 25.5 Å². The highest BCUT2D eigenvalue weighted by molar-refractivity contribution is 5.74. The largest absolute Gasteiger partial charge is 0.340 e. The molecule has 1 N–H and O–H groups in total. The second kappa shape index (κ2) is 9.85. The molecule has 1 saturated heterocycles. The number of hydrogen-bond donors (Lipinski definition) is 1. The van der Waals surface area contributed by atoms with Crippen LogP contribution < -0.4 is 5.32 Å². The van der Waals surface area contributed by atoms with Gasteiger partial charge in [-0.25, -0.2) is 9.97 Å². The molecule has 1 aliphatic heterocycles. The van der Waals surface area contributed by atoms with Crippen LogP contribution >= 0.6 is 0 Å². The number of carbonyl (C=O) groups is 1. The zero-order valence-corrected chi connectivity index (χ0v) is 21.0. The van der Waals surface area contributed by atoms with Crippen LogP contribution in [-0.4, -0.2) is 53.1 Å². The summed E-state index contributed by atoms with van der Waals surface area (Å²) in [5, 5.41) is 7.93. The number of aromatic nitrogens is 6. The molecule has 4 aromatic rings. The maximum absolute atomic E-state index is 12.2. The van der Waals surface area contributed by atoms with Crippen LogP contribution in [0, 0.1) is 6.92 Å². The van der Waals surface area contributed by atoms with Gasteiger partial charge in [0.25, 0.3) is 0 Å². The van der Waals surface area contributed by atoms with Gasteiger partial charge in [-0.2, -0.15) is 5.10 Å². The number of piperidine rings is 1. The van der Waals surface area contributed by atoms with E-state index in [9.17, 15) is 4.79 Å². The van der Waals surface area contributed by atoms with E-state index in [1.165, 1.54) is 0 Å². The molecule has 5 rings (SSSR count). The standard InChI is InChI=1S/C27H30N8O/c1-17-8-9-21(15-35(17)19(3)36)27-31-24(25-14-28-10-11-29-25)13-26(32-27)30-22-7-5-6-20(12-22)23-16-34(4)33-18(23)2/h5-7,10-14,16-17,21H,8-9,15H2,1-4H3,(H,30,31,32)/t17-,21+/m0/s1. The van der Waals surface area contributed by atoms with Crippen molar-refractivity contribution in [3.8, 4) is 22.5 Å². The van der Waals surface area contributed by atoms with Gasteiger partial charge in [0.2, 0.25) is 5.91 Å². The SMILES string of the molecule is CC(=O)N1C[C@H](c2nc(Nc3cccc(-c4cn(C)nc4C)c3)cc(-c3cnccn3)n2)CC[C@@H]1C. The molecule has 1 amide bonds. The molecule has 36 heavy (non-hydrogen) atoms. The van der Waals surface area contributed by atoms with Gasteiger partial charge < -0.3 is 10.2 Å². The lowest BCUT2D eigenvalue weighted by molar-refractivity contribution is -0.132. The number of likely N-dealkylation sites (tertiary alicyclic amines) is 1. The highest BCUT2D eigenvalue weighted by atomic mass is 16.2. The number of benzene rings is 1. The molecule has 1 aliphatic rings. The topological polar surface area (TPSA) is 102 Å². The average molecular weight is 483 g/mol. The van der Waals surface area contributed by atoms with Crippen molar-refractivity contribution in [2.24, 2.45) is 7.05 Å². The minimum absolute atomic E-state index is 0.0478. The van der Waals surface area contributed by atoms with Crippen molar-refractivity contribution in [1.29, 1.82) is 0 Å². The first-order valence-electron chi connectivity index (χ1n) is 12.2. The van der Waals surface area contributed by atoms with Crippen LogP contribution in [-0.2, 0) is 11.8 Å². The van der Waals surface area contributed by atoms with E-state index in [4.69, 9.17) is 9.97 Å². The van der Waals surface area contributed by atoms with E-state index in [1.807, 2.05) is 47.9 Å². The molecular formula is C27H30N8O. The van der Waals surface area contributed by atoms with Crippen LogP contribution in [0.5, 0.6) is 0 Å². The Morgan fingerprint density at radius 2 is 1.97 bits per heavy atom. The minimum atomic E-state index is 0.0478. The Kier molecular flexibility index (Phi) is 6.45. The smallest absolute Gasteiger partial charge is 0.219 e. The summed E-state index contributed by atoms with van der Waals surface area (Å²) >= 11 is 0. The van der Waals surface area contributed by atoms with Crippen LogP contribution in [0.1, 0.15) is 44.1 Å². The maximum atomic E-state index is 12.2. The van der Waals surface area contributed by atoms with Gasteiger partial charge in [0.05, 0.1) is 17.6 Å². The highest BCUT2D eigenvalue weighted by Crippen LogP contribution is 2.32. The number of nitrogens with zero attached hydrogens (tertiary/aromatic N) is 7. The third-order valence-electron chi connectivity index (χ3n) is 6.68. The number of rotatable bonds is 5. The van der Waals surface area contributed by atoms with Crippen LogP contribution in [0.3, 0.4) is 0 Å². The summed E-state index contributed by atoms with van der Waals surface area (Å²) in [6.07, 6.45) is 8.86. The van der Waals surface area contributed by atoms with Crippen molar-refractivity contribution >= 4 is 17.4 Å². The summed E-state index contributed by atoms with van der Waals surface area (Å²) in [7, 11) is 1.92. The van der Waals surface area contributed by atoms with E-state index in [0.717, 1.165) is 35.3 Å². The second-order valence-corrected chi connectivity index (χ2v) is 9.39. The number of aryl methyl sites for hydroxylation is 2. The number of amides is 1. The van der Waals surface area contributed by atoms with Gasteiger partial charge in [0.15, 0.2) is 0 Å². The van der Waals surface area contributed by atoms with Crippen molar-refractivity contribution < 1.29 is 4.79 Å². The highest BCUT2D eigenvalue weighted by Gasteiger charge is 2.30. The lowest BCUT2D eigenvalue weighted by Gasteiger charge is -2.37. The molecule has 0 spiro atoms. The molecule has 4 heterocycles. The van der Waals surface area contributed by atoms with E-state index < -0.39 is 0 Å². The Balaban J connectivity index is 1.50. The molecule has 9 heteroatoms. The predicted molar refractivity (Wildman–Crippen MR) is 139 cm³/mol. The summed E-state index contributed by atoms with van der Waals surface area (Å²) in [6.45, 7) is 6.34. The van der Waals surface area contributed by atoms with Crippen LogP contribution in [0.4, 0.5) is 11.5 Å². The summed E-state index contributed by atoms with van der Waals surface area (Å²) in [4.78, 5) is 32.5. The normalized spacial score (nSPS) is 17.7. The van der Waals surface area contributed by atoms with E-state index in [0.29, 0.717) is 29.6 Å². The van der Waals surface area contributed by atoms with Gasteiger partial charge in [0.1, 0.15) is 17.3 Å². The molecule has 184 valence electrons. The predicted octanol–water partition coefficient (Wildman–Crippen LogP) is 4.50. The minimum Gasteiger partial charge on any atom is -0.340 e. The first kappa shape index (κ1) is 23.6. The van der Waals surface area contributed by atoms with Gasteiger partial charge in [-0.1, -0.05) is 12.1 Å². The number of nitrogens with one attached hydrogen (secondary N) is 1. The third kappa shape index (κ3) is 4.95. The second-order valence-electron chi connectivity index (χ2n) is 9.39. The third-order valence-corrected chi connectivity index (χ3v) is 6.68. The monoisotopic (exact) mass is 482 g/mol. The Morgan fingerprint density at radius 1 is 1.11 bits per heavy atom. The first-order valence-corrected chi connectivity index (χ1v) is 12.2. The van der Waals surface area contributed by atoms with Gasteiger partial charge >= 0.3 is 0 Å². The fraction of sp³-hybridized carbons (Fsp3) is 0.333. The van der Waals surface area contributed by atoms with Gasteiger partial charge in [-0.05, 0) is 44.4 Å². The molecule has 9 nitrogen and oxygen atoms in total. The van der Waals surface area contributed by atoms with Crippen LogP contribution in [0.25, 0.3) is 22.5 Å². The molecule has 0 radical (unpaired) electrons. The lowest BCUT2D eigenvalue weighted by atomic mass is 9.92. The summed E-state index contributed by atoms with van der Waals surface area (Å²) < 4.78 is 1.82. The summed E-state index contributed by atoms with van der Waals surface area (Å²) in [5.74, 6) is 1.51. The molecule has 2 atom stereocenters. The Hall–Kier alpha value is -4.14. The van der Waals surface area contributed by atoms with Gasteiger partial charge in [-0.15, -0.1) is 0 Å². The Bertz CT molecular complexity index is 1380. The van der Waals surface area contributed by atoms with Crippen molar-refractivity contribution in [2.45, 2.75) is 45.6 Å². The summed E-state index contributed by atoms with van der Waals surface area (Å²) in [6, 6.07) is 10.3. The zero-order valence-electron chi connectivity index (χ0n) is 21.0. The molecule has 1 fully saturated rings. The van der Waals surface area contributed by atoms with Gasteiger partial charge in [0, 0.05) is 68.4 Å². The fourth-order valence-corrected chi connectivity index (χ4v) is 4.83. The zero-order chi connectivity index (χ0) is 25.2. The number of carbonyl (C=O) groups excluding carboxylic acids is 1. The van der Waals surface area contributed by atoms with Crippen LogP contribution in [0.15, 0.2) is 55.1 Å².